The molecule has 7 heteroatoms. The van der Waals surface area contributed by atoms with E-state index in [1.165, 1.54) is 11.3 Å². The number of carbonyl (C=O) groups is 2. The molecule has 1 saturated heterocycles. The maximum atomic E-state index is 12.5. The van der Waals surface area contributed by atoms with Crippen molar-refractivity contribution in [2.75, 3.05) is 23.3 Å². The molecule has 0 saturated carbocycles. The number of nitrogens with one attached hydrogen (secondary N) is 1. The molecule has 2 aromatic heterocycles. The third kappa shape index (κ3) is 4.04. The van der Waals surface area contributed by atoms with Crippen molar-refractivity contribution in [3.05, 3.63) is 46.2 Å². The minimum Gasteiger partial charge on any atom is -0.354 e. The van der Waals surface area contributed by atoms with E-state index < -0.39 is 0 Å². The molecule has 1 amide bonds. The molecular weight excluding hydrogens is 372 g/mol. The largest absolute Gasteiger partial charge is 0.354 e. The first-order chi connectivity index (χ1) is 13.6. The summed E-state index contributed by atoms with van der Waals surface area (Å²) in [6.45, 7) is 3.78. The number of thiophene rings is 1. The molecule has 1 aliphatic rings. The average molecular weight is 395 g/mol. The van der Waals surface area contributed by atoms with Crippen molar-refractivity contribution in [3.63, 3.8) is 0 Å². The van der Waals surface area contributed by atoms with Gasteiger partial charge in [-0.1, -0.05) is 12.1 Å². The summed E-state index contributed by atoms with van der Waals surface area (Å²) in [5.41, 5.74) is 1.55. The van der Waals surface area contributed by atoms with E-state index in [2.05, 4.69) is 15.2 Å². The number of fused-ring (bicyclic) bond motifs is 1. The normalized spacial score (nSPS) is 13.8. The van der Waals surface area contributed by atoms with Crippen LogP contribution in [0.4, 0.5) is 11.6 Å². The van der Waals surface area contributed by atoms with E-state index in [0.717, 1.165) is 41.8 Å². The van der Waals surface area contributed by atoms with E-state index >= 15 is 0 Å². The standard InChI is InChI=1S/C21H22N4O2S/c1-14-8-10-18(28-14)17(26)9-11-19(27)24-20-21(25-12-4-5-13-25)23-16-7-3-2-6-15(16)22-20/h2-3,6-8,10H,4-5,9,11-13H2,1H3,(H,22,24,27). The van der Waals surface area contributed by atoms with Gasteiger partial charge in [0, 0.05) is 30.8 Å². The molecule has 28 heavy (non-hydrogen) atoms. The van der Waals surface area contributed by atoms with Gasteiger partial charge >= 0.3 is 0 Å². The number of Topliss-reactive ketones (excluding diaryl/α,β-unsaturated/α-hetero) is 1. The number of hydrogen-bond donors (Lipinski definition) is 1. The van der Waals surface area contributed by atoms with Crippen molar-refractivity contribution in [1.82, 2.24) is 9.97 Å². The zero-order valence-corrected chi connectivity index (χ0v) is 16.6. The van der Waals surface area contributed by atoms with Crippen molar-refractivity contribution in [2.24, 2.45) is 0 Å². The Bertz CT molecular complexity index is 1020. The van der Waals surface area contributed by atoms with E-state index in [9.17, 15) is 9.59 Å². The fourth-order valence-corrected chi connectivity index (χ4v) is 4.19. The molecular formula is C21H22N4O2S. The lowest BCUT2D eigenvalue weighted by molar-refractivity contribution is -0.116. The molecule has 1 aliphatic heterocycles. The minimum absolute atomic E-state index is 0.00221. The van der Waals surface area contributed by atoms with Gasteiger partial charge in [-0.05, 0) is 44.0 Å². The zero-order chi connectivity index (χ0) is 19.5. The molecule has 144 valence electrons. The molecule has 0 atom stereocenters. The Morgan fingerprint density at radius 3 is 2.43 bits per heavy atom. The van der Waals surface area contributed by atoms with E-state index in [4.69, 9.17) is 4.98 Å². The summed E-state index contributed by atoms with van der Waals surface area (Å²) >= 11 is 1.46. The predicted molar refractivity (Wildman–Crippen MR) is 112 cm³/mol. The molecule has 1 aromatic carbocycles. The van der Waals surface area contributed by atoms with E-state index in [1.54, 1.807) is 0 Å². The van der Waals surface area contributed by atoms with Gasteiger partial charge in [-0.2, -0.15) is 0 Å². The van der Waals surface area contributed by atoms with Crippen LogP contribution in [-0.2, 0) is 4.79 Å². The topological polar surface area (TPSA) is 75.2 Å². The lowest BCUT2D eigenvalue weighted by Crippen LogP contribution is -2.23. The number of para-hydroxylation sites is 2. The number of hydrogen-bond acceptors (Lipinski definition) is 6. The summed E-state index contributed by atoms with van der Waals surface area (Å²) in [6, 6.07) is 11.4. The highest BCUT2D eigenvalue weighted by Gasteiger charge is 2.21. The Balaban J connectivity index is 1.50. The summed E-state index contributed by atoms with van der Waals surface area (Å²) < 4.78 is 0. The first-order valence-electron chi connectivity index (χ1n) is 9.51. The fraction of sp³-hybridized carbons (Fsp3) is 0.333. The van der Waals surface area contributed by atoms with E-state index in [1.807, 2.05) is 43.3 Å². The maximum Gasteiger partial charge on any atom is 0.226 e. The number of benzene rings is 1. The van der Waals surface area contributed by atoms with Gasteiger partial charge in [0.05, 0.1) is 15.9 Å². The van der Waals surface area contributed by atoms with Crippen molar-refractivity contribution in [1.29, 1.82) is 0 Å². The third-order valence-electron chi connectivity index (χ3n) is 4.81. The molecule has 0 spiro atoms. The van der Waals surface area contributed by atoms with Crippen LogP contribution in [0.5, 0.6) is 0 Å². The quantitative estimate of drug-likeness (QED) is 0.634. The Morgan fingerprint density at radius 2 is 1.75 bits per heavy atom. The molecule has 0 bridgehead atoms. The summed E-state index contributed by atoms with van der Waals surface area (Å²) in [7, 11) is 0. The van der Waals surface area contributed by atoms with Crippen molar-refractivity contribution >= 4 is 45.7 Å². The number of aromatic nitrogens is 2. The van der Waals surface area contributed by atoms with Crippen LogP contribution < -0.4 is 10.2 Å². The van der Waals surface area contributed by atoms with Gasteiger partial charge in [-0.3, -0.25) is 9.59 Å². The molecule has 1 N–H and O–H groups in total. The Kier molecular flexibility index (Phi) is 5.34. The number of anilines is 2. The highest BCUT2D eigenvalue weighted by atomic mass is 32.1. The van der Waals surface area contributed by atoms with E-state index in [0.29, 0.717) is 16.5 Å². The molecule has 0 unspecified atom stereocenters. The Morgan fingerprint density at radius 1 is 1.04 bits per heavy atom. The van der Waals surface area contributed by atoms with E-state index in [-0.39, 0.29) is 24.5 Å². The van der Waals surface area contributed by atoms with Crippen molar-refractivity contribution in [2.45, 2.75) is 32.6 Å². The maximum absolute atomic E-state index is 12.5. The molecule has 4 rings (SSSR count). The highest BCUT2D eigenvalue weighted by molar-refractivity contribution is 7.14. The van der Waals surface area contributed by atoms with Gasteiger partial charge < -0.3 is 10.2 Å². The number of ketones is 1. The van der Waals surface area contributed by atoms with Gasteiger partial charge in [0.15, 0.2) is 17.4 Å². The monoisotopic (exact) mass is 394 g/mol. The van der Waals surface area contributed by atoms with Crippen LogP contribution in [0.3, 0.4) is 0 Å². The summed E-state index contributed by atoms with van der Waals surface area (Å²) in [6.07, 6.45) is 2.53. The van der Waals surface area contributed by atoms with Crippen LogP contribution >= 0.6 is 11.3 Å². The lowest BCUT2D eigenvalue weighted by atomic mass is 10.2. The number of amides is 1. The molecule has 6 nitrogen and oxygen atoms in total. The second-order valence-electron chi connectivity index (χ2n) is 6.96. The van der Waals surface area contributed by atoms with Crippen LogP contribution in [0.2, 0.25) is 0 Å². The first kappa shape index (κ1) is 18.6. The van der Waals surface area contributed by atoms with Gasteiger partial charge in [0.2, 0.25) is 5.91 Å². The smallest absolute Gasteiger partial charge is 0.226 e. The number of nitrogens with zero attached hydrogens (tertiary/aromatic N) is 3. The summed E-state index contributed by atoms with van der Waals surface area (Å²) in [4.78, 5) is 38.1. The van der Waals surface area contributed by atoms with Gasteiger partial charge in [-0.25, -0.2) is 9.97 Å². The second kappa shape index (κ2) is 8.06. The number of rotatable bonds is 6. The minimum atomic E-state index is -0.216. The van der Waals surface area contributed by atoms with Crippen LogP contribution in [-0.4, -0.2) is 34.7 Å². The van der Waals surface area contributed by atoms with Crippen LogP contribution in [0.15, 0.2) is 36.4 Å². The zero-order valence-electron chi connectivity index (χ0n) is 15.8. The fourth-order valence-electron chi connectivity index (χ4n) is 3.35. The average Bonchev–Trinajstić information content (AvgIpc) is 3.37. The summed E-state index contributed by atoms with van der Waals surface area (Å²) in [5.74, 6) is 0.971. The molecule has 0 radical (unpaired) electrons. The van der Waals surface area contributed by atoms with Gasteiger partial charge in [0.25, 0.3) is 0 Å². The van der Waals surface area contributed by atoms with Crippen molar-refractivity contribution < 1.29 is 9.59 Å². The number of carbonyl (C=O) groups excluding carboxylic acids is 2. The van der Waals surface area contributed by atoms with Crippen LogP contribution in [0.1, 0.15) is 40.2 Å². The highest BCUT2D eigenvalue weighted by Crippen LogP contribution is 2.28. The predicted octanol–water partition coefficient (Wildman–Crippen LogP) is 4.20. The van der Waals surface area contributed by atoms with Crippen LogP contribution in [0.25, 0.3) is 11.0 Å². The summed E-state index contributed by atoms with van der Waals surface area (Å²) in [5, 5.41) is 2.89. The SMILES string of the molecule is Cc1ccc(C(=O)CCC(=O)Nc2nc3ccccc3nc2N2CCCC2)s1. The molecule has 1 fully saturated rings. The van der Waals surface area contributed by atoms with Gasteiger partial charge in [0.1, 0.15) is 0 Å². The van der Waals surface area contributed by atoms with Crippen molar-refractivity contribution in [3.8, 4) is 0 Å². The Hall–Kier alpha value is -2.80. The Labute approximate surface area is 167 Å². The molecule has 0 aliphatic carbocycles. The molecule has 3 aromatic rings. The number of aryl methyl sites for hydroxylation is 1. The first-order valence-corrected chi connectivity index (χ1v) is 10.3. The van der Waals surface area contributed by atoms with Gasteiger partial charge in [-0.15, -0.1) is 11.3 Å². The lowest BCUT2D eigenvalue weighted by Gasteiger charge is -2.20. The third-order valence-corrected chi connectivity index (χ3v) is 5.85. The van der Waals surface area contributed by atoms with Crippen LogP contribution in [0, 0.1) is 6.92 Å². The molecule has 3 heterocycles. The second-order valence-corrected chi connectivity index (χ2v) is 8.25.